The van der Waals surface area contributed by atoms with Crippen molar-refractivity contribution in [2.75, 3.05) is 5.43 Å². The lowest BCUT2D eigenvalue weighted by Gasteiger charge is -2.14. The Labute approximate surface area is 165 Å². The van der Waals surface area contributed by atoms with Crippen LogP contribution in [0, 0.1) is 26.1 Å². The van der Waals surface area contributed by atoms with E-state index in [-0.39, 0.29) is 17.3 Å². The first-order valence-corrected chi connectivity index (χ1v) is 8.94. The van der Waals surface area contributed by atoms with Crippen molar-refractivity contribution < 1.29 is 9.85 Å². The molecule has 3 aromatic rings. The van der Waals surface area contributed by atoms with E-state index in [1.54, 1.807) is 4.68 Å². The molecule has 0 saturated carbocycles. The molecule has 1 atom stereocenters. The summed E-state index contributed by atoms with van der Waals surface area (Å²) in [5.74, 6) is -0.0188. The van der Waals surface area contributed by atoms with Crippen LogP contribution in [0.2, 0.25) is 0 Å². The summed E-state index contributed by atoms with van der Waals surface area (Å²) in [6, 6.07) is 11.0. The normalized spacial score (nSPS) is 12.7. The number of anilines is 1. The maximum Gasteiger partial charge on any atom is 0.301 e. The van der Waals surface area contributed by atoms with Crippen molar-refractivity contribution >= 4 is 33.8 Å². The maximum atomic E-state index is 11.3. The molecule has 29 heavy (non-hydrogen) atoms. The molecule has 1 N–H and O–H groups in total. The number of fused-ring (bicyclic) bond motifs is 1. The average molecular weight is 397 g/mol. The Morgan fingerprint density at radius 3 is 2.66 bits per heavy atom. The number of nitrogens with zero attached hydrogens (tertiary/aromatic N) is 6. The summed E-state index contributed by atoms with van der Waals surface area (Å²) >= 11 is 0. The highest BCUT2D eigenvalue weighted by Gasteiger charge is 2.20. The fourth-order valence-corrected chi connectivity index (χ4v) is 2.97. The predicted octanol–water partition coefficient (Wildman–Crippen LogP) is 3.76. The largest absolute Gasteiger partial charge is 0.301 e. The van der Waals surface area contributed by atoms with Gasteiger partial charge in [0.25, 0.3) is 5.69 Å². The van der Waals surface area contributed by atoms with Crippen molar-refractivity contribution in [3.63, 3.8) is 0 Å². The molecule has 1 aromatic heterocycles. The van der Waals surface area contributed by atoms with Crippen LogP contribution in [0.25, 0.3) is 11.0 Å². The van der Waals surface area contributed by atoms with E-state index in [1.165, 1.54) is 12.1 Å². The van der Waals surface area contributed by atoms with Crippen molar-refractivity contribution in [2.45, 2.75) is 26.8 Å². The Morgan fingerprint density at radius 2 is 1.97 bits per heavy atom. The van der Waals surface area contributed by atoms with E-state index in [9.17, 15) is 20.2 Å². The molecule has 0 fully saturated rings. The van der Waals surface area contributed by atoms with E-state index in [0.717, 1.165) is 22.8 Å². The third kappa shape index (κ3) is 4.34. The van der Waals surface area contributed by atoms with Crippen molar-refractivity contribution in [1.82, 2.24) is 15.0 Å². The van der Waals surface area contributed by atoms with Crippen LogP contribution in [0.15, 0.2) is 47.6 Å². The number of non-ortho nitro benzene ring substituents is 1. The van der Waals surface area contributed by atoms with Crippen LogP contribution >= 0.6 is 0 Å². The molecule has 0 amide bonds. The van der Waals surface area contributed by atoms with Gasteiger partial charge in [-0.25, -0.2) is 4.68 Å². The van der Waals surface area contributed by atoms with Crippen molar-refractivity contribution in [1.29, 1.82) is 0 Å². The van der Waals surface area contributed by atoms with Crippen molar-refractivity contribution in [3.8, 4) is 0 Å². The number of rotatable bonds is 8. The zero-order valence-electron chi connectivity index (χ0n) is 15.8. The fraction of sp³-hybridized carbons (Fsp3) is 0.278. The van der Waals surface area contributed by atoms with Gasteiger partial charge in [0.2, 0.25) is 0 Å². The minimum atomic E-state index is -0.679. The monoisotopic (exact) mass is 397 g/mol. The van der Waals surface area contributed by atoms with Gasteiger partial charge in [-0.15, -0.1) is 5.10 Å². The number of nitro groups is 2. The molecule has 1 heterocycles. The van der Waals surface area contributed by atoms with Gasteiger partial charge >= 0.3 is 5.69 Å². The smallest absolute Gasteiger partial charge is 0.272 e. The summed E-state index contributed by atoms with van der Waals surface area (Å²) in [4.78, 5) is 20.8. The lowest BCUT2D eigenvalue weighted by atomic mass is 10.0. The van der Waals surface area contributed by atoms with Crippen LogP contribution in [-0.4, -0.2) is 30.6 Å². The highest BCUT2D eigenvalue weighted by atomic mass is 16.6. The minimum Gasteiger partial charge on any atom is -0.272 e. The van der Waals surface area contributed by atoms with E-state index in [2.05, 4.69) is 20.8 Å². The predicted molar refractivity (Wildman–Crippen MR) is 108 cm³/mol. The van der Waals surface area contributed by atoms with Gasteiger partial charge in [0, 0.05) is 17.7 Å². The van der Waals surface area contributed by atoms with Crippen LogP contribution < -0.4 is 5.43 Å². The highest BCUT2D eigenvalue weighted by molar-refractivity contribution is 5.87. The molecule has 1 unspecified atom stereocenters. The second kappa shape index (κ2) is 8.42. The summed E-state index contributed by atoms with van der Waals surface area (Å²) in [5.41, 5.74) is 4.50. The van der Waals surface area contributed by atoms with Crippen molar-refractivity contribution in [3.05, 3.63) is 62.7 Å². The number of hydrogen-bond acceptors (Lipinski definition) is 8. The van der Waals surface area contributed by atoms with Crippen LogP contribution in [0.5, 0.6) is 0 Å². The molecule has 11 heteroatoms. The Balaban J connectivity index is 1.81. The number of nitro benzene ring substituents is 2. The standard InChI is InChI=1S/C18H19N7O4/c1-3-14(12(2)11-23-17-7-5-4-6-15(17)21-22-23)19-20-16-9-8-13(24(26)27)10-18(16)25(28)29/h4-10,12,20H,3,11H2,1-2H3. The summed E-state index contributed by atoms with van der Waals surface area (Å²) in [6.45, 7) is 4.45. The number of nitrogens with one attached hydrogen (secondary N) is 1. The maximum absolute atomic E-state index is 11.3. The minimum absolute atomic E-state index is 0.0188. The zero-order chi connectivity index (χ0) is 21.0. The first-order valence-electron chi connectivity index (χ1n) is 8.94. The molecule has 0 aliphatic rings. The highest BCUT2D eigenvalue weighted by Crippen LogP contribution is 2.29. The molecule has 0 spiro atoms. The Morgan fingerprint density at radius 1 is 1.21 bits per heavy atom. The molecule has 150 valence electrons. The number of aromatic nitrogens is 3. The van der Waals surface area contributed by atoms with Gasteiger partial charge in [-0.2, -0.15) is 5.10 Å². The van der Waals surface area contributed by atoms with Gasteiger partial charge in [0.05, 0.1) is 28.0 Å². The van der Waals surface area contributed by atoms with E-state index in [0.29, 0.717) is 13.0 Å². The Hall–Kier alpha value is -3.89. The Bertz CT molecular complexity index is 1090. The molecule has 11 nitrogen and oxygen atoms in total. The van der Waals surface area contributed by atoms with Gasteiger partial charge in [0.1, 0.15) is 11.2 Å². The SMILES string of the molecule is CCC(=NNc1ccc([N+](=O)[O-])cc1[N+](=O)[O-])C(C)Cn1nnc2ccccc21. The molecular weight excluding hydrogens is 378 g/mol. The topological polar surface area (TPSA) is 141 Å². The lowest BCUT2D eigenvalue weighted by Crippen LogP contribution is -2.19. The number of hydrazone groups is 1. The zero-order valence-corrected chi connectivity index (χ0v) is 15.8. The molecular formula is C18H19N7O4. The van der Waals surface area contributed by atoms with Crippen LogP contribution in [-0.2, 0) is 6.54 Å². The van der Waals surface area contributed by atoms with Crippen LogP contribution in [0.4, 0.5) is 17.1 Å². The molecule has 3 rings (SSSR count). The summed E-state index contributed by atoms with van der Waals surface area (Å²) in [5, 5.41) is 34.7. The average Bonchev–Trinajstić information content (AvgIpc) is 3.11. The first kappa shape index (κ1) is 19.9. The van der Waals surface area contributed by atoms with Gasteiger partial charge in [-0.3, -0.25) is 25.7 Å². The molecule has 0 aliphatic carbocycles. The van der Waals surface area contributed by atoms with Gasteiger partial charge in [0.15, 0.2) is 0 Å². The van der Waals surface area contributed by atoms with Crippen LogP contribution in [0.1, 0.15) is 20.3 Å². The second-order valence-electron chi connectivity index (χ2n) is 6.45. The molecule has 0 bridgehead atoms. The third-order valence-corrected chi connectivity index (χ3v) is 4.51. The summed E-state index contributed by atoms with van der Waals surface area (Å²) in [7, 11) is 0. The van der Waals surface area contributed by atoms with E-state index in [1.807, 2.05) is 38.1 Å². The third-order valence-electron chi connectivity index (χ3n) is 4.51. The van der Waals surface area contributed by atoms with Crippen molar-refractivity contribution in [2.24, 2.45) is 11.0 Å². The molecule has 0 saturated heterocycles. The molecule has 0 aliphatic heterocycles. The number of para-hydroxylation sites is 1. The lowest BCUT2D eigenvalue weighted by molar-refractivity contribution is -0.393. The molecule has 2 aromatic carbocycles. The van der Waals surface area contributed by atoms with Gasteiger partial charge in [-0.1, -0.05) is 31.2 Å². The van der Waals surface area contributed by atoms with E-state index < -0.39 is 15.5 Å². The number of hydrogen-bond donors (Lipinski definition) is 1. The van der Waals surface area contributed by atoms with E-state index >= 15 is 0 Å². The fourth-order valence-electron chi connectivity index (χ4n) is 2.97. The Kier molecular flexibility index (Phi) is 5.77. The van der Waals surface area contributed by atoms with Gasteiger partial charge in [-0.05, 0) is 24.6 Å². The number of benzene rings is 2. The van der Waals surface area contributed by atoms with Gasteiger partial charge < -0.3 is 0 Å². The summed E-state index contributed by atoms with van der Waals surface area (Å²) < 4.78 is 1.79. The van der Waals surface area contributed by atoms with Crippen LogP contribution in [0.3, 0.4) is 0 Å². The molecule has 0 radical (unpaired) electrons. The van der Waals surface area contributed by atoms with E-state index in [4.69, 9.17) is 0 Å². The summed E-state index contributed by atoms with van der Waals surface area (Å²) in [6.07, 6.45) is 0.613. The quantitative estimate of drug-likeness (QED) is 0.346. The second-order valence-corrected chi connectivity index (χ2v) is 6.45. The first-order chi connectivity index (χ1) is 13.9.